The van der Waals surface area contributed by atoms with Gasteiger partial charge in [0.2, 0.25) is 11.8 Å². The number of methoxy groups -OCH3 is 1. The van der Waals surface area contributed by atoms with E-state index in [0.717, 1.165) is 12.8 Å². The number of nitrogens with zero attached hydrogens (tertiary/aromatic N) is 4. The Morgan fingerprint density at radius 2 is 2.32 bits per heavy atom. The van der Waals surface area contributed by atoms with Crippen LogP contribution in [0.1, 0.15) is 40.8 Å². The zero-order valence-electron chi connectivity index (χ0n) is 14.5. The summed E-state index contributed by atoms with van der Waals surface area (Å²) in [6, 6.07) is 3.47. The van der Waals surface area contributed by atoms with Gasteiger partial charge in [-0.25, -0.2) is 4.98 Å². The van der Waals surface area contributed by atoms with Crippen LogP contribution in [-0.4, -0.2) is 59.3 Å². The average molecular weight is 346 g/mol. The van der Waals surface area contributed by atoms with Gasteiger partial charge in [0.1, 0.15) is 12.2 Å². The average Bonchev–Trinajstić information content (AvgIpc) is 3.08. The summed E-state index contributed by atoms with van der Waals surface area (Å²) in [5.41, 5.74) is 0.462. The van der Waals surface area contributed by atoms with Crippen LogP contribution in [0.4, 0.5) is 0 Å². The van der Waals surface area contributed by atoms with E-state index in [1.165, 1.54) is 0 Å². The molecule has 0 bridgehead atoms. The number of aromatic nitrogens is 3. The second kappa shape index (κ2) is 8.06. The van der Waals surface area contributed by atoms with Gasteiger partial charge >= 0.3 is 0 Å². The van der Waals surface area contributed by atoms with Crippen molar-refractivity contribution < 1.29 is 18.8 Å². The van der Waals surface area contributed by atoms with Crippen molar-refractivity contribution in [2.24, 2.45) is 0 Å². The van der Waals surface area contributed by atoms with Crippen LogP contribution in [0, 0.1) is 6.92 Å². The van der Waals surface area contributed by atoms with Crippen LogP contribution >= 0.6 is 0 Å². The monoisotopic (exact) mass is 346 g/mol. The predicted molar refractivity (Wildman–Crippen MR) is 88.5 cm³/mol. The second-order valence-corrected chi connectivity index (χ2v) is 5.96. The Morgan fingerprint density at radius 1 is 1.44 bits per heavy atom. The summed E-state index contributed by atoms with van der Waals surface area (Å²) in [6.45, 7) is 3.80. The van der Waals surface area contributed by atoms with Crippen molar-refractivity contribution in [2.45, 2.75) is 25.7 Å². The van der Waals surface area contributed by atoms with Gasteiger partial charge in [0.15, 0.2) is 5.82 Å². The number of rotatable bonds is 6. The standard InChI is InChI=1S/C17H22N4O4/c1-12-19-15(20-25-12)13-5-4-8-21(11-13)17(22)14-6-3-7-18-16(14)24-10-9-23-2/h3,6-7,13H,4-5,8-11H2,1-2H3/t13-/m1/s1. The summed E-state index contributed by atoms with van der Waals surface area (Å²) < 4.78 is 15.6. The number of hydrogen-bond acceptors (Lipinski definition) is 7. The lowest BCUT2D eigenvalue weighted by Gasteiger charge is -2.31. The van der Waals surface area contributed by atoms with Gasteiger partial charge in [0.05, 0.1) is 6.61 Å². The third-order valence-electron chi connectivity index (χ3n) is 4.14. The molecule has 0 radical (unpaired) electrons. The second-order valence-electron chi connectivity index (χ2n) is 5.96. The van der Waals surface area contributed by atoms with E-state index < -0.39 is 0 Å². The maximum Gasteiger partial charge on any atom is 0.259 e. The van der Waals surface area contributed by atoms with Crippen LogP contribution in [0.2, 0.25) is 0 Å². The number of amides is 1. The normalized spacial score (nSPS) is 17.5. The first-order valence-corrected chi connectivity index (χ1v) is 8.35. The van der Waals surface area contributed by atoms with Crippen molar-refractivity contribution in [2.75, 3.05) is 33.4 Å². The van der Waals surface area contributed by atoms with E-state index in [2.05, 4.69) is 15.1 Å². The minimum absolute atomic E-state index is 0.0877. The molecule has 25 heavy (non-hydrogen) atoms. The van der Waals surface area contributed by atoms with E-state index in [9.17, 15) is 4.79 Å². The molecule has 0 N–H and O–H groups in total. The molecule has 1 aliphatic rings. The van der Waals surface area contributed by atoms with Crippen molar-refractivity contribution in [3.8, 4) is 5.88 Å². The Hall–Kier alpha value is -2.48. The van der Waals surface area contributed by atoms with Gasteiger partial charge in [-0.1, -0.05) is 5.16 Å². The molecule has 8 nitrogen and oxygen atoms in total. The van der Waals surface area contributed by atoms with Crippen LogP contribution in [0.3, 0.4) is 0 Å². The molecule has 1 atom stereocenters. The van der Waals surface area contributed by atoms with Crippen molar-refractivity contribution in [1.82, 2.24) is 20.0 Å². The van der Waals surface area contributed by atoms with E-state index in [0.29, 0.717) is 49.5 Å². The third-order valence-corrected chi connectivity index (χ3v) is 4.14. The van der Waals surface area contributed by atoms with Crippen LogP contribution in [0.15, 0.2) is 22.9 Å². The first-order valence-electron chi connectivity index (χ1n) is 8.35. The van der Waals surface area contributed by atoms with Gasteiger partial charge in [0, 0.05) is 39.2 Å². The highest BCUT2D eigenvalue weighted by Gasteiger charge is 2.29. The highest BCUT2D eigenvalue weighted by atomic mass is 16.5. The fourth-order valence-electron chi connectivity index (χ4n) is 2.91. The molecule has 0 spiro atoms. The lowest BCUT2D eigenvalue weighted by Crippen LogP contribution is -2.39. The number of hydrogen-bond donors (Lipinski definition) is 0. The van der Waals surface area contributed by atoms with Gasteiger partial charge in [-0.15, -0.1) is 0 Å². The minimum Gasteiger partial charge on any atom is -0.475 e. The van der Waals surface area contributed by atoms with Crippen molar-refractivity contribution in [3.05, 3.63) is 35.6 Å². The molecule has 0 saturated carbocycles. The molecule has 1 amide bonds. The Balaban J connectivity index is 1.72. The highest BCUT2D eigenvalue weighted by molar-refractivity contribution is 5.96. The molecule has 8 heteroatoms. The van der Waals surface area contributed by atoms with Gasteiger partial charge in [-0.05, 0) is 25.0 Å². The third kappa shape index (κ3) is 4.14. The number of carbonyl (C=O) groups is 1. The maximum atomic E-state index is 12.9. The lowest BCUT2D eigenvalue weighted by atomic mass is 9.97. The molecule has 3 rings (SSSR count). The quantitative estimate of drug-likeness (QED) is 0.737. The molecule has 0 aliphatic carbocycles. The molecule has 134 valence electrons. The van der Waals surface area contributed by atoms with Gasteiger partial charge in [-0.3, -0.25) is 4.79 Å². The molecule has 0 aromatic carbocycles. The van der Waals surface area contributed by atoms with Gasteiger partial charge in [0.25, 0.3) is 5.91 Å². The fourth-order valence-corrected chi connectivity index (χ4v) is 2.91. The van der Waals surface area contributed by atoms with Crippen LogP contribution in [0.25, 0.3) is 0 Å². The van der Waals surface area contributed by atoms with E-state index >= 15 is 0 Å². The molecule has 2 aromatic rings. The zero-order valence-corrected chi connectivity index (χ0v) is 14.5. The van der Waals surface area contributed by atoms with Gasteiger partial charge < -0.3 is 18.9 Å². The Morgan fingerprint density at radius 3 is 3.08 bits per heavy atom. The Bertz CT molecular complexity index is 718. The largest absolute Gasteiger partial charge is 0.475 e. The van der Waals surface area contributed by atoms with Crippen LogP contribution < -0.4 is 4.74 Å². The first-order chi connectivity index (χ1) is 12.2. The molecular formula is C17H22N4O4. The lowest BCUT2D eigenvalue weighted by molar-refractivity contribution is 0.0695. The molecular weight excluding hydrogens is 324 g/mol. The van der Waals surface area contributed by atoms with E-state index in [-0.39, 0.29) is 11.8 Å². The molecule has 2 aromatic heterocycles. The molecule has 1 aliphatic heterocycles. The predicted octanol–water partition coefficient (Wildman–Crippen LogP) is 1.82. The van der Waals surface area contributed by atoms with E-state index in [1.54, 1.807) is 37.3 Å². The number of pyridine rings is 1. The minimum atomic E-state index is -0.0922. The summed E-state index contributed by atoms with van der Waals surface area (Å²) in [6.07, 6.45) is 3.44. The number of likely N-dealkylation sites (tertiary alicyclic amines) is 1. The summed E-state index contributed by atoms with van der Waals surface area (Å²) in [5.74, 6) is 1.54. The summed E-state index contributed by atoms with van der Waals surface area (Å²) >= 11 is 0. The fraction of sp³-hybridized carbons (Fsp3) is 0.529. The smallest absolute Gasteiger partial charge is 0.259 e. The SMILES string of the molecule is COCCOc1ncccc1C(=O)N1CCC[C@@H](c2noc(C)n2)C1. The van der Waals surface area contributed by atoms with E-state index in [1.807, 2.05) is 0 Å². The first kappa shape index (κ1) is 17.3. The van der Waals surface area contributed by atoms with Crippen molar-refractivity contribution >= 4 is 5.91 Å². The summed E-state index contributed by atoms with van der Waals surface area (Å²) in [4.78, 5) is 23.2. The van der Waals surface area contributed by atoms with Crippen molar-refractivity contribution in [3.63, 3.8) is 0 Å². The highest BCUT2D eigenvalue weighted by Crippen LogP contribution is 2.27. The molecule has 1 saturated heterocycles. The summed E-state index contributed by atoms with van der Waals surface area (Å²) in [7, 11) is 1.60. The van der Waals surface area contributed by atoms with Crippen LogP contribution in [-0.2, 0) is 4.74 Å². The maximum absolute atomic E-state index is 12.9. The Labute approximate surface area is 146 Å². The zero-order chi connectivity index (χ0) is 17.6. The number of ether oxygens (including phenoxy) is 2. The topological polar surface area (TPSA) is 90.6 Å². The number of piperidine rings is 1. The number of aryl methyl sites for hydroxylation is 1. The molecule has 1 fully saturated rings. The molecule has 0 unspecified atom stereocenters. The Kier molecular flexibility index (Phi) is 5.60. The summed E-state index contributed by atoms with van der Waals surface area (Å²) in [5, 5.41) is 4.00. The van der Waals surface area contributed by atoms with Gasteiger partial charge in [-0.2, -0.15) is 4.98 Å². The molecule has 3 heterocycles. The number of carbonyl (C=O) groups excluding carboxylic acids is 1. The van der Waals surface area contributed by atoms with Crippen molar-refractivity contribution in [1.29, 1.82) is 0 Å². The van der Waals surface area contributed by atoms with Crippen LogP contribution in [0.5, 0.6) is 5.88 Å². The van der Waals surface area contributed by atoms with E-state index in [4.69, 9.17) is 14.0 Å².